The van der Waals surface area contributed by atoms with Gasteiger partial charge in [0.2, 0.25) is 23.8 Å². The second kappa shape index (κ2) is 9.77. The molecule has 206 valence electrons. The number of ether oxygens (including phenoxy) is 2. The highest BCUT2D eigenvalue weighted by atomic mass is 16.6. The van der Waals surface area contributed by atoms with E-state index < -0.39 is 59.6 Å². The summed E-state index contributed by atoms with van der Waals surface area (Å²) in [6.07, 6.45) is 0.0921. The molecule has 2 aliphatic heterocycles. The number of nitrogens with zero attached hydrogens (tertiary/aromatic N) is 1. The standard InChI is InChI=1S/C25H39N5O7/c1-12(37-25(4)7-5-8-25)18(36-23(27)35)22(34)30-11-14-16(24(14,2)3)17(30)21(33)29-15(19(26)31)10-13-6-9-28-20(13)32/h12-18H,5-11H2,1-4H3,(H2,26,31)(H2,27,35)(H,28,32)(H,29,33)/t12-,13+,14+,15+,16+,17+,18+/m1/s1. The molecule has 0 aromatic rings. The fourth-order valence-electron chi connectivity index (χ4n) is 6.41. The molecule has 0 aromatic heterocycles. The van der Waals surface area contributed by atoms with Gasteiger partial charge in [-0.15, -0.1) is 0 Å². The van der Waals surface area contributed by atoms with Crippen molar-refractivity contribution in [1.29, 1.82) is 0 Å². The highest BCUT2D eigenvalue weighted by molar-refractivity contribution is 5.95. The molecule has 7 atom stereocenters. The molecule has 0 bridgehead atoms. The zero-order valence-corrected chi connectivity index (χ0v) is 22.0. The van der Waals surface area contributed by atoms with Crippen LogP contribution in [0.25, 0.3) is 0 Å². The molecule has 6 N–H and O–H groups in total. The minimum Gasteiger partial charge on any atom is -0.433 e. The Bertz CT molecular complexity index is 980. The van der Waals surface area contributed by atoms with Crippen LogP contribution >= 0.6 is 0 Å². The molecule has 4 rings (SSSR count). The van der Waals surface area contributed by atoms with Gasteiger partial charge in [0.1, 0.15) is 18.2 Å². The summed E-state index contributed by atoms with van der Waals surface area (Å²) in [6.45, 7) is 8.45. The topological polar surface area (TPSA) is 183 Å². The Kier molecular flexibility index (Phi) is 7.17. The van der Waals surface area contributed by atoms with Gasteiger partial charge < -0.3 is 36.5 Å². The second-order valence-corrected chi connectivity index (χ2v) is 11.8. The number of nitrogens with one attached hydrogen (secondary N) is 2. The van der Waals surface area contributed by atoms with Crippen LogP contribution in [0.4, 0.5) is 4.79 Å². The summed E-state index contributed by atoms with van der Waals surface area (Å²) in [4.78, 5) is 64.6. The maximum Gasteiger partial charge on any atom is 0.405 e. The van der Waals surface area contributed by atoms with Crippen molar-refractivity contribution in [2.45, 2.75) is 89.7 Å². The van der Waals surface area contributed by atoms with E-state index in [2.05, 4.69) is 10.6 Å². The Labute approximate surface area is 216 Å². The summed E-state index contributed by atoms with van der Waals surface area (Å²) in [5.41, 5.74) is 10.3. The van der Waals surface area contributed by atoms with E-state index in [1.165, 1.54) is 4.90 Å². The molecule has 2 heterocycles. The Balaban J connectivity index is 1.52. The minimum absolute atomic E-state index is 0.0643. The Morgan fingerprint density at radius 3 is 2.38 bits per heavy atom. The zero-order valence-electron chi connectivity index (χ0n) is 22.0. The third-order valence-corrected chi connectivity index (χ3v) is 8.90. The second-order valence-electron chi connectivity index (χ2n) is 11.8. The Hall–Kier alpha value is -2.89. The maximum atomic E-state index is 13.7. The molecule has 0 aromatic carbocycles. The molecular formula is C25H39N5O7. The van der Waals surface area contributed by atoms with E-state index in [9.17, 15) is 24.0 Å². The van der Waals surface area contributed by atoms with Crippen molar-refractivity contribution in [3.63, 3.8) is 0 Å². The third kappa shape index (κ3) is 5.25. The van der Waals surface area contributed by atoms with Crippen LogP contribution in [0, 0.1) is 23.2 Å². The lowest BCUT2D eigenvalue weighted by molar-refractivity contribution is -0.173. The van der Waals surface area contributed by atoms with Gasteiger partial charge >= 0.3 is 6.09 Å². The van der Waals surface area contributed by atoms with Crippen LogP contribution in [-0.4, -0.2) is 77.6 Å². The third-order valence-electron chi connectivity index (χ3n) is 8.90. The quantitative estimate of drug-likeness (QED) is 0.306. The zero-order chi connectivity index (χ0) is 27.3. The van der Waals surface area contributed by atoms with Crippen LogP contribution in [0.1, 0.15) is 59.8 Å². The van der Waals surface area contributed by atoms with Gasteiger partial charge in [0.05, 0.1) is 5.60 Å². The van der Waals surface area contributed by atoms with Crippen molar-refractivity contribution in [2.75, 3.05) is 13.1 Å². The van der Waals surface area contributed by atoms with Crippen LogP contribution in [0.15, 0.2) is 0 Å². The lowest BCUT2D eigenvalue weighted by Gasteiger charge is -2.42. The molecule has 2 saturated heterocycles. The average molecular weight is 522 g/mol. The fourth-order valence-corrected chi connectivity index (χ4v) is 6.41. The number of likely N-dealkylation sites (tertiary alicyclic amines) is 1. The van der Waals surface area contributed by atoms with Crippen LogP contribution in [0.3, 0.4) is 0 Å². The van der Waals surface area contributed by atoms with E-state index in [4.69, 9.17) is 20.9 Å². The van der Waals surface area contributed by atoms with Gasteiger partial charge in [-0.25, -0.2) is 4.79 Å². The Morgan fingerprint density at radius 2 is 1.86 bits per heavy atom. The lowest BCUT2D eigenvalue weighted by atomic mass is 9.81. The van der Waals surface area contributed by atoms with Crippen molar-refractivity contribution in [1.82, 2.24) is 15.5 Å². The van der Waals surface area contributed by atoms with Gasteiger partial charge in [-0.1, -0.05) is 13.8 Å². The molecule has 4 fully saturated rings. The fraction of sp³-hybridized carbons (Fsp3) is 0.800. The number of hydrogen-bond acceptors (Lipinski definition) is 7. The minimum atomic E-state index is -1.32. The van der Waals surface area contributed by atoms with E-state index in [1.54, 1.807) is 6.92 Å². The van der Waals surface area contributed by atoms with E-state index in [0.29, 0.717) is 19.5 Å². The number of carbonyl (C=O) groups excluding carboxylic acids is 5. The van der Waals surface area contributed by atoms with Crippen molar-refractivity contribution < 1.29 is 33.4 Å². The first kappa shape index (κ1) is 27.2. The van der Waals surface area contributed by atoms with Gasteiger partial charge in [0, 0.05) is 19.0 Å². The molecule has 12 nitrogen and oxygen atoms in total. The van der Waals surface area contributed by atoms with E-state index in [0.717, 1.165) is 19.3 Å². The summed E-state index contributed by atoms with van der Waals surface area (Å²) < 4.78 is 11.3. The SMILES string of the molecule is C[C@@H](OC1(C)CCC1)[C@H](OC(N)=O)C(=O)N1C[C@H]2[C@@H]([C@H]1C(=O)N[C@@H](C[C@@H]1CCNC1=O)C(N)=O)C2(C)C. The van der Waals surface area contributed by atoms with Crippen molar-refractivity contribution in [3.8, 4) is 0 Å². The first-order valence-corrected chi connectivity index (χ1v) is 13.1. The number of rotatable bonds is 10. The number of nitrogens with two attached hydrogens (primary N) is 2. The molecule has 4 aliphatic rings. The normalized spacial score (nSPS) is 31.2. The molecule has 5 amide bonds. The highest BCUT2D eigenvalue weighted by Crippen LogP contribution is 2.65. The molecular weight excluding hydrogens is 482 g/mol. The summed E-state index contributed by atoms with van der Waals surface area (Å²) in [6, 6.07) is -1.95. The maximum absolute atomic E-state index is 13.7. The first-order chi connectivity index (χ1) is 17.2. The summed E-state index contributed by atoms with van der Waals surface area (Å²) in [7, 11) is 0. The van der Waals surface area contributed by atoms with Crippen molar-refractivity contribution in [2.24, 2.45) is 34.6 Å². The van der Waals surface area contributed by atoms with Crippen LogP contribution in [0.2, 0.25) is 0 Å². The number of carbonyl (C=O) groups is 5. The molecule has 2 saturated carbocycles. The largest absolute Gasteiger partial charge is 0.433 e. The van der Waals surface area contributed by atoms with Crippen LogP contribution < -0.4 is 22.1 Å². The predicted molar refractivity (Wildman–Crippen MR) is 130 cm³/mol. The van der Waals surface area contributed by atoms with Crippen LogP contribution in [-0.2, 0) is 28.7 Å². The van der Waals surface area contributed by atoms with Crippen molar-refractivity contribution >= 4 is 29.7 Å². The molecule has 2 aliphatic carbocycles. The summed E-state index contributed by atoms with van der Waals surface area (Å²) >= 11 is 0. The molecule has 0 spiro atoms. The molecule has 0 radical (unpaired) electrons. The first-order valence-electron chi connectivity index (χ1n) is 13.1. The lowest BCUT2D eigenvalue weighted by Crippen LogP contribution is -2.58. The monoisotopic (exact) mass is 521 g/mol. The molecule has 12 heteroatoms. The number of amides is 5. The van der Waals surface area contributed by atoms with E-state index in [1.807, 2.05) is 20.8 Å². The van der Waals surface area contributed by atoms with Crippen molar-refractivity contribution in [3.05, 3.63) is 0 Å². The number of piperidine rings is 1. The van der Waals surface area contributed by atoms with Gasteiger partial charge in [-0.2, -0.15) is 0 Å². The molecule has 37 heavy (non-hydrogen) atoms. The summed E-state index contributed by atoms with van der Waals surface area (Å²) in [5, 5.41) is 5.41. The van der Waals surface area contributed by atoms with Crippen LogP contribution in [0.5, 0.6) is 0 Å². The number of primary amides is 2. The Morgan fingerprint density at radius 1 is 1.19 bits per heavy atom. The van der Waals surface area contributed by atoms with Gasteiger partial charge in [-0.3, -0.25) is 19.2 Å². The van der Waals surface area contributed by atoms with Gasteiger partial charge in [0.25, 0.3) is 5.91 Å². The number of hydrogen-bond donors (Lipinski definition) is 4. The van der Waals surface area contributed by atoms with E-state index in [-0.39, 0.29) is 29.6 Å². The smallest absolute Gasteiger partial charge is 0.405 e. The molecule has 0 unspecified atom stereocenters. The highest BCUT2D eigenvalue weighted by Gasteiger charge is 2.70. The van der Waals surface area contributed by atoms with Gasteiger partial charge in [0.15, 0.2) is 0 Å². The summed E-state index contributed by atoms with van der Waals surface area (Å²) in [5.74, 6) is -2.52. The van der Waals surface area contributed by atoms with Gasteiger partial charge in [-0.05, 0) is 63.2 Å². The predicted octanol–water partition coefficient (Wildman–Crippen LogP) is -0.223. The van der Waals surface area contributed by atoms with E-state index >= 15 is 0 Å². The number of fused-ring (bicyclic) bond motifs is 1. The average Bonchev–Trinajstić information content (AvgIpc) is 3.15.